The Kier molecular flexibility index (Phi) is 4.65. The van der Waals surface area contributed by atoms with Gasteiger partial charge in [0.25, 0.3) is 0 Å². The van der Waals surface area contributed by atoms with Gasteiger partial charge < -0.3 is 9.80 Å². The lowest BCUT2D eigenvalue weighted by Crippen LogP contribution is -2.26. The van der Waals surface area contributed by atoms with E-state index in [-0.39, 0.29) is 0 Å². The second-order valence-corrected chi connectivity index (χ2v) is 4.06. The van der Waals surface area contributed by atoms with Gasteiger partial charge in [0.1, 0.15) is 5.82 Å². The van der Waals surface area contributed by atoms with E-state index in [0.29, 0.717) is 0 Å². The summed E-state index contributed by atoms with van der Waals surface area (Å²) in [5.41, 5.74) is 1.20. The molecule has 0 saturated carbocycles. The van der Waals surface area contributed by atoms with Crippen molar-refractivity contribution in [2.45, 2.75) is 0 Å². The van der Waals surface area contributed by atoms with Crippen molar-refractivity contribution in [2.75, 3.05) is 28.2 Å². The summed E-state index contributed by atoms with van der Waals surface area (Å²) in [6.07, 6.45) is 16.5. The Morgan fingerprint density at radius 1 is 0.688 bits per heavy atom. The normalized spacial score (nSPS) is 22.4. The third kappa shape index (κ3) is 3.46. The molecule has 86 valence electrons. The van der Waals surface area contributed by atoms with Crippen molar-refractivity contribution in [1.29, 1.82) is 0 Å². The minimum Gasteiger partial charge on any atom is -0.364 e. The summed E-state index contributed by atoms with van der Waals surface area (Å²) in [6.45, 7) is 0. The van der Waals surface area contributed by atoms with Crippen LogP contribution in [0.3, 0.4) is 0 Å². The highest BCUT2D eigenvalue weighted by Gasteiger charge is 2.06. The van der Waals surface area contributed by atoms with Gasteiger partial charge in [-0.15, -0.1) is 0 Å². The first-order chi connectivity index (χ1) is 7.63. The molecule has 1 rings (SSSR count). The largest absolute Gasteiger partial charge is 0.364 e. The zero-order chi connectivity index (χ0) is 12.0. The predicted molar refractivity (Wildman–Crippen MR) is 71.0 cm³/mol. The van der Waals surface area contributed by atoms with Crippen molar-refractivity contribution < 1.29 is 0 Å². The van der Waals surface area contributed by atoms with Crippen LogP contribution in [0.25, 0.3) is 0 Å². The molecular formula is C14H20N2. The average molecular weight is 216 g/mol. The Labute approximate surface area is 98.5 Å². The maximum atomic E-state index is 2.12. The molecule has 1 aliphatic carbocycles. The lowest BCUT2D eigenvalue weighted by molar-refractivity contribution is 0.339. The lowest BCUT2D eigenvalue weighted by atomic mass is 10.2. The lowest BCUT2D eigenvalue weighted by Gasteiger charge is -2.26. The van der Waals surface area contributed by atoms with Crippen molar-refractivity contribution in [3.8, 4) is 0 Å². The Morgan fingerprint density at radius 3 is 1.44 bits per heavy atom. The standard InChI is InChI=1S/C14H20N2/c1-15(2)14(16(3)4)13-11-9-7-5-6-8-10-12-13/h5-12H,1-4H3/b7-5-,8-6-,11-9-,12-10-. The van der Waals surface area contributed by atoms with Crippen molar-refractivity contribution in [3.63, 3.8) is 0 Å². The summed E-state index contributed by atoms with van der Waals surface area (Å²) in [7, 11) is 8.23. The first-order valence-corrected chi connectivity index (χ1v) is 5.40. The summed E-state index contributed by atoms with van der Waals surface area (Å²) in [6, 6.07) is 0. The number of allylic oxidation sites excluding steroid dienone is 9. The highest BCUT2D eigenvalue weighted by atomic mass is 15.3. The monoisotopic (exact) mass is 216 g/mol. The molecule has 16 heavy (non-hydrogen) atoms. The Balaban J connectivity index is 3.18. The van der Waals surface area contributed by atoms with Gasteiger partial charge in [0.05, 0.1) is 0 Å². The molecule has 0 aromatic heterocycles. The molecule has 0 spiro atoms. The molecule has 1 aliphatic rings. The minimum absolute atomic E-state index is 1.19. The first-order valence-electron chi connectivity index (χ1n) is 5.40. The third-order valence-corrected chi connectivity index (χ3v) is 2.21. The van der Waals surface area contributed by atoms with E-state index in [9.17, 15) is 0 Å². The fraction of sp³-hybridized carbons (Fsp3) is 0.286. The smallest absolute Gasteiger partial charge is 0.110 e. The maximum absolute atomic E-state index is 2.12. The molecular weight excluding hydrogens is 196 g/mol. The molecule has 0 aromatic carbocycles. The third-order valence-electron chi connectivity index (χ3n) is 2.21. The van der Waals surface area contributed by atoms with E-state index in [1.165, 1.54) is 11.4 Å². The predicted octanol–water partition coefficient (Wildman–Crippen LogP) is 2.56. The molecule has 0 unspecified atom stereocenters. The van der Waals surface area contributed by atoms with Gasteiger partial charge in [0.15, 0.2) is 0 Å². The number of nitrogens with zero attached hydrogens (tertiary/aromatic N) is 2. The van der Waals surface area contributed by atoms with E-state index in [4.69, 9.17) is 0 Å². The van der Waals surface area contributed by atoms with Gasteiger partial charge in [-0.25, -0.2) is 0 Å². The highest BCUT2D eigenvalue weighted by molar-refractivity contribution is 5.38. The van der Waals surface area contributed by atoms with Crippen LogP contribution in [0.5, 0.6) is 0 Å². The van der Waals surface area contributed by atoms with E-state index in [1.807, 2.05) is 24.3 Å². The summed E-state index contributed by atoms with van der Waals surface area (Å²) in [5, 5.41) is 0. The highest BCUT2D eigenvalue weighted by Crippen LogP contribution is 2.13. The zero-order valence-corrected chi connectivity index (χ0v) is 10.5. The average Bonchev–Trinajstić information content (AvgIpc) is 2.30. The van der Waals surface area contributed by atoms with Gasteiger partial charge in [-0.05, 0) is 0 Å². The van der Waals surface area contributed by atoms with E-state index in [1.54, 1.807) is 0 Å². The molecule has 0 aromatic rings. The van der Waals surface area contributed by atoms with E-state index in [2.05, 4.69) is 62.3 Å². The maximum Gasteiger partial charge on any atom is 0.110 e. The van der Waals surface area contributed by atoms with Gasteiger partial charge in [0.2, 0.25) is 0 Å². The zero-order valence-electron chi connectivity index (χ0n) is 10.5. The van der Waals surface area contributed by atoms with Crippen LogP contribution in [0.2, 0.25) is 0 Å². The first kappa shape index (κ1) is 12.4. The summed E-state index contributed by atoms with van der Waals surface area (Å²) >= 11 is 0. The molecule has 2 nitrogen and oxygen atoms in total. The molecule has 0 fully saturated rings. The van der Waals surface area contributed by atoms with Crippen LogP contribution in [0.4, 0.5) is 0 Å². The van der Waals surface area contributed by atoms with Crippen LogP contribution in [0, 0.1) is 0 Å². The van der Waals surface area contributed by atoms with E-state index < -0.39 is 0 Å². The molecule has 0 atom stereocenters. The second kappa shape index (κ2) is 6.01. The number of rotatable bonds is 2. The summed E-state index contributed by atoms with van der Waals surface area (Å²) in [4.78, 5) is 4.24. The fourth-order valence-electron chi connectivity index (χ4n) is 1.70. The summed E-state index contributed by atoms with van der Waals surface area (Å²) in [5.74, 6) is 1.19. The SMILES string of the molecule is CN(C)C(=C1\C=C/C=C\C=C/C=C\1)N(C)C. The molecule has 0 N–H and O–H groups in total. The molecule has 0 radical (unpaired) electrons. The van der Waals surface area contributed by atoms with Crippen LogP contribution in [0.15, 0.2) is 60.0 Å². The van der Waals surface area contributed by atoms with Crippen LogP contribution >= 0.6 is 0 Å². The van der Waals surface area contributed by atoms with E-state index in [0.717, 1.165) is 0 Å². The van der Waals surface area contributed by atoms with Gasteiger partial charge in [-0.1, -0.05) is 48.6 Å². The van der Waals surface area contributed by atoms with Gasteiger partial charge >= 0.3 is 0 Å². The summed E-state index contributed by atoms with van der Waals surface area (Å²) < 4.78 is 0. The molecule has 0 amide bonds. The number of hydrogen-bond donors (Lipinski definition) is 0. The Bertz CT molecular complexity index is 332. The topological polar surface area (TPSA) is 6.48 Å². The van der Waals surface area contributed by atoms with Crippen LogP contribution in [-0.2, 0) is 0 Å². The second-order valence-electron chi connectivity index (χ2n) is 4.06. The fourth-order valence-corrected chi connectivity index (χ4v) is 1.70. The quantitative estimate of drug-likeness (QED) is 0.700. The number of hydrogen-bond acceptors (Lipinski definition) is 2. The molecule has 0 heterocycles. The van der Waals surface area contributed by atoms with Crippen LogP contribution < -0.4 is 0 Å². The molecule has 0 bridgehead atoms. The Hall–Kier alpha value is -1.70. The van der Waals surface area contributed by atoms with Crippen molar-refractivity contribution >= 4 is 0 Å². The van der Waals surface area contributed by atoms with Crippen molar-refractivity contribution in [2.24, 2.45) is 0 Å². The van der Waals surface area contributed by atoms with Crippen LogP contribution in [0.1, 0.15) is 0 Å². The molecule has 0 saturated heterocycles. The van der Waals surface area contributed by atoms with Crippen molar-refractivity contribution in [3.05, 3.63) is 60.0 Å². The Morgan fingerprint density at radius 2 is 1.06 bits per heavy atom. The minimum atomic E-state index is 1.19. The van der Waals surface area contributed by atoms with E-state index >= 15 is 0 Å². The van der Waals surface area contributed by atoms with Gasteiger partial charge in [0, 0.05) is 33.8 Å². The molecule has 2 heteroatoms. The van der Waals surface area contributed by atoms with Gasteiger partial charge in [-0.2, -0.15) is 0 Å². The van der Waals surface area contributed by atoms with Gasteiger partial charge in [-0.3, -0.25) is 0 Å². The van der Waals surface area contributed by atoms with Crippen LogP contribution in [-0.4, -0.2) is 38.0 Å². The van der Waals surface area contributed by atoms with Crippen molar-refractivity contribution in [1.82, 2.24) is 9.80 Å². The molecule has 0 aliphatic heterocycles.